The number of carbonyl (C=O) groups is 2. The van der Waals surface area contributed by atoms with Crippen molar-refractivity contribution >= 4 is 28.8 Å². The molecule has 4 aromatic rings. The minimum Gasteiger partial charge on any atom is -0.505 e. The van der Waals surface area contributed by atoms with Crippen LogP contribution in [0, 0.1) is 17.7 Å². The van der Waals surface area contributed by atoms with Gasteiger partial charge in [-0.25, -0.2) is 14.0 Å². The summed E-state index contributed by atoms with van der Waals surface area (Å²) in [5, 5.41) is 11.2. The molecule has 1 N–H and O–H groups in total. The van der Waals surface area contributed by atoms with Crippen LogP contribution in [0.2, 0.25) is 0 Å². The van der Waals surface area contributed by atoms with Crippen molar-refractivity contribution in [2.24, 2.45) is 0 Å². The fraction of sp³-hybridized carbons (Fsp3) is 0.0345. The first-order valence-electron chi connectivity index (χ1n) is 10.5. The Morgan fingerprint density at radius 2 is 1.54 bits per heavy atom. The van der Waals surface area contributed by atoms with Crippen molar-refractivity contribution in [1.82, 2.24) is 0 Å². The average Bonchev–Trinajstić information content (AvgIpc) is 2.88. The van der Waals surface area contributed by atoms with E-state index >= 15 is 0 Å². The molecule has 6 heteroatoms. The Bertz CT molecular complexity index is 1510. The van der Waals surface area contributed by atoms with Gasteiger partial charge in [0.25, 0.3) is 0 Å². The number of esters is 2. The number of hydrogen-bond acceptors (Lipinski definition) is 5. The Labute approximate surface area is 201 Å². The molecule has 0 bridgehead atoms. The van der Waals surface area contributed by atoms with Crippen LogP contribution in [0.3, 0.4) is 0 Å². The Morgan fingerprint density at radius 1 is 0.857 bits per heavy atom. The lowest BCUT2D eigenvalue weighted by Gasteiger charge is -2.05. The first-order chi connectivity index (χ1) is 16.9. The zero-order valence-electron chi connectivity index (χ0n) is 18.6. The molecule has 0 saturated carbocycles. The summed E-state index contributed by atoms with van der Waals surface area (Å²) in [4.78, 5) is 23.5. The van der Waals surface area contributed by atoms with E-state index in [1.165, 1.54) is 19.3 Å². The highest BCUT2D eigenvalue weighted by atomic mass is 19.1. The lowest BCUT2D eigenvalue weighted by Crippen LogP contribution is -2.08. The predicted octanol–water partition coefficient (Wildman–Crippen LogP) is 5.49. The minimum absolute atomic E-state index is 0.00270. The quantitative estimate of drug-likeness (QED) is 0.186. The van der Waals surface area contributed by atoms with Crippen molar-refractivity contribution in [2.45, 2.75) is 0 Å². The molecule has 0 amide bonds. The number of halogens is 1. The summed E-state index contributed by atoms with van der Waals surface area (Å²) in [5.41, 5.74) is 2.71. The second kappa shape index (κ2) is 10.4. The molecule has 4 rings (SSSR count). The molecule has 35 heavy (non-hydrogen) atoms. The summed E-state index contributed by atoms with van der Waals surface area (Å²) >= 11 is 0. The van der Waals surface area contributed by atoms with Crippen LogP contribution < -0.4 is 4.74 Å². The molecule has 0 atom stereocenters. The zero-order valence-corrected chi connectivity index (χ0v) is 18.6. The van der Waals surface area contributed by atoms with Gasteiger partial charge in [-0.1, -0.05) is 30.0 Å². The van der Waals surface area contributed by atoms with Gasteiger partial charge < -0.3 is 14.6 Å². The fourth-order valence-electron chi connectivity index (χ4n) is 3.23. The molecule has 0 aliphatic heterocycles. The Hall–Kier alpha value is -4.89. The van der Waals surface area contributed by atoms with E-state index in [9.17, 15) is 19.1 Å². The molecule has 0 radical (unpaired) electrons. The number of methoxy groups -OCH3 is 1. The third-order valence-corrected chi connectivity index (χ3v) is 5.08. The number of phenolic OH excluding ortho intramolecular Hbond substituents is 1. The summed E-state index contributed by atoms with van der Waals surface area (Å²) in [6.07, 6.45) is 3.07. The molecule has 0 unspecified atom stereocenters. The van der Waals surface area contributed by atoms with Crippen molar-refractivity contribution in [1.29, 1.82) is 0 Å². The molecule has 0 saturated heterocycles. The van der Waals surface area contributed by atoms with Crippen LogP contribution in [-0.4, -0.2) is 24.2 Å². The van der Waals surface area contributed by atoms with E-state index in [4.69, 9.17) is 4.74 Å². The maximum atomic E-state index is 13.4. The van der Waals surface area contributed by atoms with Gasteiger partial charge in [0.1, 0.15) is 5.75 Å². The molecule has 0 aliphatic carbocycles. The lowest BCUT2D eigenvalue weighted by atomic mass is 10.0. The number of rotatable bonds is 4. The van der Waals surface area contributed by atoms with Gasteiger partial charge in [-0.05, 0) is 77.0 Å². The second-order valence-electron chi connectivity index (χ2n) is 7.51. The van der Waals surface area contributed by atoms with Crippen molar-refractivity contribution in [2.75, 3.05) is 7.11 Å². The molecular formula is C29H19FO5. The summed E-state index contributed by atoms with van der Waals surface area (Å²) in [5.74, 6) is 3.73. The van der Waals surface area contributed by atoms with Gasteiger partial charge in [-0.3, -0.25) is 0 Å². The normalized spacial score (nSPS) is 10.6. The molecule has 0 spiro atoms. The third kappa shape index (κ3) is 5.92. The first-order valence-corrected chi connectivity index (χ1v) is 10.5. The van der Waals surface area contributed by atoms with E-state index in [2.05, 4.69) is 16.6 Å². The van der Waals surface area contributed by atoms with Crippen LogP contribution in [0.15, 0.2) is 84.9 Å². The van der Waals surface area contributed by atoms with Crippen LogP contribution in [0.5, 0.6) is 11.5 Å². The molecule has 0 heterocycles. The third-order valence-electron chi connectivity index (χ3n) is 5.08. The van der Waals surface area contributed by atoms with Gasteiger partial charge in [-0.15, -0.1) is 0 Å². The average molecular weight is 466 g/mol. The van der Waals surface area contributed by atoms with Gasteiger partial charge in [0.15, 0.2) is 11.6 Å². The van der Waals surface area contributed by atoms with E-state index in [1.54, 1.807) is 30.3 Å². The highest BCUT2D eigenvalue weighted by Crippen LogP contribution is 2.22. The van der Waals surface area contributed by atoms with E-state index in [0.717, 1.165) is 34.0 Å². The van der Waals surface area contributed by atoms with Gasteiger partial charge in [0.05, 0.1) is 12.7 Å². The van der Waals surface area contributed by atoms with Crippen LogP contribution >= 0.6 is 0 Å². The SMILES string of the molecule is COC(=O)/C=C/c1ccc2cc(C#Cc3ccc(C(=O)Oc4ccc(O)c(F)c4)cc3)ccc2c1. The fourth-order valence-corrected chi connectivity index (χ4v) is 3.23. The molecule has 0 aliphatic rings. The highest BCUT2D eigenvalue weighted by Gasteiger charge is 2.10. The Morgan fingerprint density at radius 3 is 2.29 bits per heavy atom. The standard InChI is InChI=1S/C29H19FO5/c1-34-28(32)15-8-21-7-12-23-16-20(6-11-24(23)17-21)3-2-19-4-9-22(10-5-19)29(33)35-25-13-14-27(31)26(30)18-25/h4-18,31H,1H3/b15-8+. The van der Waals surface area contributed by atoms with Crippen molar-refractivity contribution in [3.8, 4) is 23.3 Å². The smallest absolute Gasteiger partial charge is 0.343 e. The summed E-state index contributed by atoms with van der Waals surface area (Å²) in [6, 6.07) is 21.6. The van der Waals surface area contributed by atoms with Crippen LogP contribution in [-0.2, 0) is 9.53 Å². The van der Waals surface area contributed by atoms with E-state index < -0.39 is 23.5 Å². The molecular weight excluding hydrogens is 447 g/mol. The van der Waals surface area contributed by atoms with E-state index in [0.29, 0.717) is 5.56 Å². The highest BCUT2D eigenvalue weighted by molar-refractivity contribution is 5.91. The maximum absolute atomic E-state index is 13.4. The molecule has 5 nitrogen and oxygen atoms in total. The number of benzene rings is 4. The minimum atomic E-state index is -0.870. The summed E-state index contributed by atoms with van der Waals surface area (Å²) < 4.78 is 23.1. The van der Waals surface area contributed by atoms with Crippen LogP contribution in [0.1, 0.15) is 27.0 Å². The zero-order chi connectivity index (χ0) is 24.8. The second-order valence-corrected chi connectivity index (χ2v) is 7.51. The largest absolute Gasteiger partial charge is 0.505 e. The first kappa shape index (κ1) is 23.3. The number of fused-ring (bicyclic) bond motifs is 1. The number of hydrogen-bond donors (Lipinski definition) is 1. The molecule has 4 aromatic carbocycles. The summed E-state index contributed by atoms with van der Waals surface area (Å²) in [7, 11) is 1.33. The molecule has 0 fully saturated rings. The van der Waals surface area contributed by atoms with Gasteiger partial charge in [-0.2, -0.15) is 0 Å². The molecule has 172 valence electrons. The van der Waals surface area contributed by atoms with Gasteiger partial charge >= 0.3 is 11.9 Å². The van der Waals surface area contributed by atoms with Crippen LogP contribution in [0.25, 0.3) is 16.8 Å². The number of aromatic hydroxyl groups is 1. The summed E-state index contributed by atoms with van der Waals surface area (Å²) in [6.45, 7) is 0. The number of carbonyl (C=O) groups excluding carboxylic acids is 2. The monoisotopic (exact) mass is 466 g/mol. The Kier molecular flexibility index (Phi) is 6.89. The van der Waals surface area contributed by atoms with Crippen molar-refractivity contribution in [3.05, 3.63) is 113 Å². The van der Waals surface area contributed by atoms with Gasteiger partial charge in [0, 0.05) is 23.3 Å². The maximum Gasteiger partial charge on any atom is 0.343 e. The van der Waals surface area contributed by atoms with Crippen LogP contribution in [0.4, 0.5) is 4.39 Å². The number of phenols is 1. The van der Waals surface area contributed by atoms with Crippen molar-refractivity contribution < 1.29 is 28.6 Å². The topological polar surface area (TPSA) is 72.8 Å². The van der Waals surface area contributed by atoms with E-state index in [-0.39, 0.29) is 11.3 Å². The number of ether oxygens (including phenoxy) is 2. The van der Waals surface area contributed by atoms with E-state index in [1.807, 2.05) is 36.4 Å². The predicted molar refractivity (Wildman–Crippen MR) is 130 cm³/mol. The van der Waals surface area contributed by atoms with Crippen molar-refractivity contribution in [3.63, 3.8) is 0 Å². The lowest BCUT2D eigenvalue weighted by molar-refractivity contribution is -0.134. The van der Waals surface area contributed by atoms with Gasteiger partial charge in [0.2, 0.25) is 0 Å². The Balaban J connectivity index is 1.45. The molecule has 0 aromatic heterocycles.